The van der Waals surface area contributed by atoms with Gasteiger partial charge in [0.15, 0.2) is 0 Å². The largest absolute Gasteiger partial charge is 0.481 e. The molecule has 5 rings (SSSR count). The van der Waals surface area contributed by atoms with Gasteiger partial charge in [-0.1, -0.05) is 6.58 Å². The van der Waals surface area contributed by atoms with Crippen molar-refractivity contribution in [2.24, 2.45) is 5.41 Å². The molecule has 1 atom stereocenters. The highest BCUT2D eigenvalue weighted by Crippen LogP contribution is 2.45. The van der Waals surface area contributed by atoms with Crippen LogP contribution in [0.15, 0.2) is 42.9 Å². The van der Waals surface area contributed by atoms with Gasteiger partial charge in [-0.3, -0.25) is 9.88 Å². The maximum absolute atomic E-state index is 13.3. The van der Waals surface area contributed by atoms with Crippen LogP contribution < -0.4 is 4.74 Å². The molecule has 39 heavy (non-hydrogen) atoms. The normalized spacial score (nSPS) is 27.8. The minimum Gasteiger partial charge on any atom is -0.481 e. The zero-order chi connectivity index (χ0) is 27.8. The van der Waals surface area contributed by atoms with Crippen molar-refractivity contribution in [1.82, 2.24) is 19.8 Å². The van der Waals surface area contributed by atoms with Crippen molar-refractivity contribution in [1.29, 1.82) is 0 Å². The zero-order valence-electron chi connectivity index (χ0n) is 22.6. The number of fused-ring (bicyclic) bond motifs is 1. The number of rotatable bonds is 7. The second-order valence-corrected chi connectivity index (χ2v) is 11.2. The highest BCUT2D eigenvalue weighted by atomic mass is 19.4. The van der Waals surface area contributed by atoms with Crippen LogP contribution in [0, 0.1) is 5.41 Å². The molecule has 0 spiro atoms. The summed E-state index contributed by atoms with van der Waals surface area (Å²) in [4.78, 5) is 13.0. The van der Waals surface area contributed by atoms with Crippen LogP contribution in [0.25, 0.3) is 0 Å². The predicted octanol–water partition coefficient (Wildman–Crippen LogP) is 4.54. The third kappa shape index (κ3) is 5.51. The van der Waals surface area contributed by atoms with Gasteiger partial charge in [0.2, 0.25) is 5.88 Å². The molecule has 2 aliphatic heterocycles. The number of methoxy groups -OCH3 is 2. The van der Waals surface area contributed by atoms with Crippen LogP contribution in [0.3, 0.4) is 0 Å². The quantitative estimate of drug-likeness (QED) is 0.547. The summed E-state index contributed by atoms with van der Waals surface area (Å²) in [6, 6.07) is 5.24. The second-order valence-electron chi connectivity index (χ2n) is 11.2. The van der Waals surface area contributed by atoms with Crippen molar-refractivity contribution in [2.75, 3.05) is 40.5 Å². The maximum atomic E-state index is 13.3. The van der Waals surface area contributed by atoms with Crippen LogP contribution in [-0.2, 0) is 29.5 Å². The first-order valence-corrected chi connectivity index (χ1v) is 13.5. The number of pyridine rings is 2. The minimum absolute atomic E-state index is 0.311. The van der Waals surface area contributed by atoms with Crippen molar-refractivity contribution < 1.29 is 27.8 Å². The molecule has 2 fully saturated rings. The average Bonchev–Trinajstić information content (AvgIpc) is 3.37. The van der Waals surface area contributed by atoms with E-state index in [4.69, 9.17) is 9.47 Å². The van der Waals surface area contributed by atoms with Crippen molar-refractivity contribution in [3.63, 3.8) is 0 Å². The van der Waals surface area contributed by atoms with Gasteiger partial charge in [0.05, 0.1) is 24.9 Å². The van der Waals surface area contributed by atoms with E-state index in [0.29, 0.717) is 56.4 Å². The highest BCUT2D eigenvalue weighted by Gasteiger charge is 2.46. The number of aliphatic hydroxyl groups is 1. The molecule has 212 valence electrons. The number of likely N-dealkylation sites (tertiary alicyclic amines) is 1. The Labute approximate surface area is 227 Å². The molecule has 0 amide bonds. The van der Waals surface area contributed by atoms with Gasteiger partial charge >= 0.3 is 6.18 Å². The van der Waals surface area contributed by atoms with E-state index in [1.165, 1.54) is 6.07 Å². The topological polar surface area (TPSA) is 71.0 Å². The van der Waals surface area contributed by atoms with Crippen LogP contribution in [0.4, 0.5) is 13.2 Å². The standard InChI is InChI=1S/C29H37F3N4O3/c1-20(35-12-8-25-21(17-35)14-23(16-33-25)29(30,31)32)27(19-38-2)11-13-36(18-27)24-6-9-28(37,10-7-24)22-4-5-26(39-3)34-15-22/h4-5,14-16,24,37H,1,6-13,17-19H2,2-3H3. The molecule has 1 saturated carbocycles. The van der Waals surface area contributed by atoms with E-state index in [2.05, 4.69) is 26.3 Å². The van der Waals surface area contributed by atoms with E-state index in [0.717, 1.165) is 55.5 Å². The van der Waals surface area contributed by atoms with Gasteiger partial charge < -0.3 is 19.5 Å². The molecule has 2 aromatic rings. The predicted molar refractivity (Wildman–Crippen MR) is 140 cm³/mol. The van der Waals surface area contributed by atoms with Crippen molar-refractivity contribution in [3.05, 3.63) is 65.3 Å². The van der Waals surface area contributed by atoms with Crippen LogP contribution in [0.5, 0.6) is 5.88 Å². The Hall–Kier alpha value is -2.69. The molecule has 2 aromatic heterocycles. The van der Waals surface area contributed by atoms with E-state index in [1.54, 1.807) is 26.5 Å². The maximum Gasteiger partial charge on any atom is 0.417 e. The number of halogens is 3. The Kier molecular flexibility index (Phi) is 7.65. The molecule has 7 nitrogen and oxygen atoms in total. The monoisotopic (exact) mass is 546 g/mol. The summed E-state index contributed by atoms with van der Waals surface area (Å²) in [5, 5.41) is 11.3. The molecule has 1 N–H and O–H groups in total. The van der Waals surface area contributed by atoms with E-state index in [-0.39, 0.29) is 5.41 Å². The lowest BCUT2D eigenvalue weighted by Gasteiger charge is -2.43. The van der Waals surface area contributed by atoms with Crippen LogP contribution in [-0.4, -0.2) is 71.4 Å². The third-order valence-electron chi connectivity index (χ3n) is 8.95. The summed E-state index contributed by atoms with van der Waals surface area (Å²) >= 11 is 0. The summed E-state index contributed by atoms with van der Waals surface area (Å²) in [6.45, 7) is 7.67. The van der Waals surface area contributed by atoms with Crippen molar-refractivity contribution in [2.45, 2.75) is 62.9 Å². The third-order valence-corrected chi connectivity index (χ3v) is 8.95. The van der Waals surface area contributed by atoms with Crippen LogP contribution in [0.1, 0.15) is 54.5 Å². The summed E-state index contributed by atoms with van der Waals surface area (Å²) in [7, 11) is 3.26. The Balaban J connectivity index is 1.25. The first kappa shape index (κ1) is 27.9. The first-order chi connectivity index (χ1) is 18.6. The van der Waals surface area contributed by atoms with Crippen molar-refractivity contribution >= 4 is 0 Å². The van der Waals surface area contributed by atoms with Gasteiger partial charge in [-0.05, 0) is 56.3 Å². The molecule has 0 radical (unpaired) electrons. The van der Waals surface area contributed by atoms with Gasteiger partial charge in [0, 0.05) is 80.0 Å². The van der Waals surface area contributed by atoms with Crippen LogP contribution >= 0.6 is 0 Å². The highest BCUT2D eigenvalue weighted by molar-refractivity contribution is 5.31. The number of ether oxygens (including phenoxy) is 2. The van der Waals surface area contributed by atoms with Gasteiger partial charge in [0.25, 0.3) is 0 Å². The number of nitrogens with zero attached hydrogens (tertiary/aromatic N) is 4. The number of hydrogen-bond donors (Lipinski definition) is 1. The summed E-state index contributed by atoms with van der Waals surface area (Å²) in [5.41, 5.74) is 1.16. The zero-order valence-corrected chi connectivity index (χ0v) is 22.6. The molecule has 0 aromatic carbocycles. The molecule has 1 aliphatic carbocycles. The van der Waals surface area contributed by atoms with Crippen LogP contribution in [0.2, 0.25) is 0 Å². The van der Waals surface area contributed by atoms with Gasteiger partial charge in [0.1, 0.15) is 0 Å². The second kappa shape index (κ2) is 10.7. The summed E-state index contributed by atoms with van der Waals surface area (Å²) < 4.78 is 50.7. The lowest BCUT2D eigenvalue weighted by atomic mass is 9.77. The number of hydrogen-bond acceptors (Lipinski definition) is 7. The Morgan fingerprint density at radius 2 is 1.90 bits per heavy atom. The number of alkyl halides is 3. The van der Waals surface area contributed by atoms with Gasteiger partial charge in [-0.25, -0.2) is 4.98 Å². The van der Waals surface area contributed by atoms with E-state index in [9.17, 15) is 18.3 Å². The average molecular weight is 547 g/mol. The Morgan fingerprint density at radius 1 is 1.13 bits per heavy atom. The summed E-state index contributed by atoms with van der Waals surface area (Å²) in [5.74, 6) is 0.525. The molecule has 1 saturated heterocycles. The fourth-order valence-electron chi connectivity index (χ4n) is 6.59. The molecular formula is C29H37F3N4O3. The SMILES string of the molecule is C=C(N1CCc2ncc(C(F)(F)F)cc2C1)C1(COC)CCN(C2CCC(O)(c3ccc(OC)nc3)CC2)C1. The fraction of sp³-hybridized carbons (Fsp3) is 0.586. The Bertz CT molecular complexity index is 1180. The molecule has 1 unspecified atom stereocenters. The fourth-order valence-corrected chi connectivity index (χ4v) is 6.59. The molecular weight excluding hydrogens is 509 g/mol. The van der Waals surface area contributed by atoms with Gasteiger partial charge in [-0.2, -0.15) is 13.2 Å². The minimum atomic E-state index is -4.42. The van der Waals surface area contributed by atoms with Gasteiger partial charge in [-0.15, -0.1) is 0 Å². The van der Waals surface area contributed by atoms with E-state index >= 15 is 0 Å². The molecule has 4 heterocycles. The first-order valence-electron chi connectivity index (χ1n) is 13.5. The van der Waals surface area contributed by atoms with E-state index in [1.807, 2.05) is 6.07 Å². The lowest BCUT2D eigenvalue weighted by Crippen LogP contribution is -2.45. The molecule has 10 heteroatoms. The molecule has 0 bridgehead atoms. The number of aromatic nitrogens is 2. The Morgan fingerprint density at radius 3 is 2.54 bits per heavy atom. The lowest BCUT2D eigenvalue weighted by molar-refractivity contribution is -0.137. The smallest absolute Gasteiger partial charge is 0.417 e. The van der Waals surface area contributed by atoms with Crippen molar-refractivity contribution in [3.8, 4) is 5.88 Å². The molecule has 3 aliphatic rings. The van der Waals surface area contributed by atoms with E-state index < -0.39 is 17.3 Å². The summed E-state index contributed by atoms with van der Waals surface area (Å²) in [6.07, 6.45) is 2.69.